The Labute approximate surface area is 123 Å². The van der Waals surface area contributed by atoms with Crippen molar-refractivity contribution in [1.82, 2.24) is 4.90 Å². The van der Waals surface area contributed by atoms with E-state index in [1.807, 2.05) is 19.1 Å². The largest absolute Gasteiger partial charge is 0.370 e. The van der Waals surface area contributed by atoms with Crippen molar-refractivity contribution in [1.29, 1.82) is 0 Å². The predicted molar refractivity (Wildman–Crippen MR) is 86.9 cm³/mol. The summed E-state index contributed by atoms with van der Waals surface area (Å²) in [6.45, 7) is 16.9. The molecule has 0 aliphatic carbocycles. The van der Waals surface area contributed by atoms with E-state index in [4.69, 9.17) is 4.74 Å². The number of nitrogens with zero attached hydrogens (tertiary/aromatic N) is 1. The molecule has 0 unspecified atom stereocenters. The molecule has 110 valence electrons. The van der Waals surface area contributed by atoms with E-state index in [1.165, 1.54) is 5.56 Å². The Hall–Kier alpha value is -1.38. The molecule has 0 saturated carbocycles. The third-order valence-electron chi connectivity index (χ3n) is 3.60. The third-order valence-corrected chi connectivity index (χ3v) is 3.60. The van der Waals surface area contributed by atoms with E-state index < -0.39 is 0 Å². The van der Waals surface area contributed by atoms with Crippen LogP contribution < -0.4 is 0 Å². The molecule has 0 aliphatic rings. The maximum absolute atomic E-state index is 5.64. The lowest BCUT2D eigenvalue weighted by molar-refractivity contribution is 0.111. The van der Waals surface area contributed by atoms with Gasteiger partial charge in [-0.2, -0.15) is 0 Å². The van der Waals surface area contributed by atoms with Crippen LogP contribution in [0.1, 0.15) is 32.4 Å². The van der Waals surface area contributed by atoms with Crippen LogP contribution >= 0.6 is 0 Å². The van der Waals surface area contributed by atoms with Crippen LogP contribution in [0.2, 0.25) is 0 Å². The quantitative estimate of drug-likeness (QED) is 0.625. The molecule has 0 N–H and O–H groups in total. The highest BCUT2D eigenvalue weighted by atomic mass is 16.5. The molecule has 0 saturated heterocycles. The van der Waals surface area contributed by atoms with Crippen molar-refractivity contribution in [3.8, 4) is 0 Å². The Kier molecular flexibility index (Phi) is 7.27. The first kappa shape index (κ1) is 16.7. The van der Waals surface area contributed by atoms with E-state index in [2.05, 4.69) is 56.2 Å². The molecule has 2 nitrogen and oxygen atoms in total. The van der Waals surface area contributed by atoms with Crippen molar-refractivity contribution < 1.29 is 4.74 Å². The zero-order valence-electron chi connectivity index (χ0n) is 13.0. The fourth-order valence-corrected chi connectivity index (χ4v) is 2.35. The average molecular weight is 273 g/mol. The van der Waals surface area contributed by atoms with Gasteiger partial charge in [0, 0.05) is 19.2 Å². The van der Waals surface area contributed by atoms with E-state index >= 15 is 0 Å². The molecule has 0 heterocycles. The van der Waals surface area contributed by atoms with Gasteiger partial charge in [0.15, 0.2) is 0 Å². The predicted octanol–water partition coefficient (Wildman–Crippen LogP) is 4.22. The fraction of sp³-hybridized carbons (Fsp3) is 0.444. The Morgan fingerprint density at radius 3 is 2.45 bits per heavy atom. The highest BCUT2D eigenvalue weighted by Crippen LogP contribution is 2.21. The number of rotatable bonds is 9. The summed E-state index contributed by atoms with van der Waals surface area (Å²) in [7, 11) is 0. The van der Waals surface area contributed by atoms with E-state index in [-0.39, 0.29) is 6.10 Å². The zero-order valence-corrected chi connectivity index (χ0v) is 13.0. The molecule has 0 aromatic heterocycles. The summed E-state index contributed by atoms with van der Waals surface area (Å²) in [5.74, 6) is 0. The standard InChI is InChI=1S/C18H27NO/c1-6-18(20-8-3)15(4)14-19(7-2)16(5)17-12-10-9-11-13-17/h6,9-13,16,18H,1,4,7-8,14H2,2-3,5H3/t16-,18-/m1/s1. The van der Waals surface area contributed by atoms with Crippen molar-refractivity contribution in [2.24, 2.45) is 0 Å². The smallest absolute Gasteiger partial charge is 0.0973 e. The molecule has 1 rings (SSSR count). The minimum atomic E-state index is -0.0583. The van der Waals surface area contributed by atoms with E-state index in [9.17, 15) is 0 Å². The molecular weight excluding hydrogens is 246 g/mol. The topological polar surface area (TPSA) is 12.5 Å². The second kappa shape index (κ2) is 8.72. The summed E-state index contributed by atoms with van der Waals surface area (Å²) < 4.78 is 5.64. The van der Waals surface area contributed by atoms with Crippen LogP contribution in [-0.4, -0.2) is 30.7 Å². The number of likely N-dealkylation sites (N-methyl/N-ethyl adjacent to an activating group) is 1. The van der Waals surface area contributed by atoms with Gasteiger partial charge in [0.2, 0.25) is 0 Å². The van der Waals surface area contributed by atoms with Gasteiger partial charge < -0.3 is 4.74 Å². The second-order valence-corrected chi connectivity index (χ2v) is 4.92. The van der Waals surface area contributed by atoms with Crippen LogP contribution in [0.15, 0.2) is 55.1 Å². The highest BCUT2D eigenvalue weighted by molar-refractivity contribution is 5.20. The molecule has 20 heavy (non-hydrogen) atoms. The molecule has 2 heteroatoms. The first-order valence-electron chi connectivity index (χ1n) is 7.34. The minimum Gasteiger partial charge on any atom is -0.370 e. The monoisotopic (exact) mass is 273 g/mol. The number of ether oxygens (including phenoxy) is 1. The molecule has 0 bridgehead atoms. The molecule has 0 radical (unpaired) electrons. The van der Waals surface area contributed by atoms with Crippen molar-refractivity contribution >= 4 is 0 Å². The van der Waals surface area contributed by atoms with Gasteiger partial charge in [0.05, 0.1) is 6.10 Å². The number of hydrogen-bond donors (Lipinski definition) is 0. The Bertz CT molecular complexity index is 413. The van der Waals surface area contributed by atoms with E-state index in [0.717, 1.165) is 18.7 Å². The SMILES string of the molecule is C=C[C@@H](OCC)C(=C)CN(CC)[C@H](C)c1ccccc1. The molecule has 1 aromatic rings. The highest BCUT2D eigenvalue weighted by Gasteiger charge is 2.17. The van der Waals surface area contributed by atoms with E-state index in [0.29, 0.717) is 12.6 Å². The summed E-state index contributed by atoms with van der Waals surface area (Å²) in [5, 5.41) is 0. The normalized spacial score (nSPS) is 14.0. The van der Waals surface area contributed by atoms with Gasteiger partial charge in [-0.1, -0.05) is 49.9 Å². The first-order chi connectivity index (χ1) is 9.63. The Balaban J connectivity index is 2.71. The maximum atomic E-state index is 5.64. The summed E-state index contributed by atoms with van der Waals surface area (Å²) >= 11 is 0. The van der Waals surface area contributed by atoms with Crippen LogP contribution in [0.3, 0.4) is 0 Å². The summed E-state index contributed by atoms with van der Waals surface area (Å²) in [6.07, 6.45) is 1.77. The first-order valence-corrected chi connectivity index (χ1v) is 7.34. The fourth-order valence-electron chi connectivity index (χ4n) is 2.35. The second-order valence-electron chi connectivity index (χ2n) is 4.92. The van der Waals surface area contributed by atoms with Crippen LogP contribution in [0.4, 0.5) is 0 Å². The minimum absolute atomic E-state index is 0.0583. The van der Waals surface area contributed by atoms with Crippen LogP contribution in [0.5, 0.6) is 0 Å². The molecule has 0 fully saturated rings. The van der Waals surface area contributed by atoms with Crippen molar-refractivity contribution in [2.75, 3.05) is 19.7 Å². The van der Waals surface area contributed by atoms with Crippen LogP contribution in [0.25, 0.3) is 0 Å². The Morgan fingerprint density at radius 1 is 1.30 bits per heavy atom. The average Bonchev–Trinajstić information content (AvgIpc) is 2.50. The van der Waals surface area contributed by atoms with Crippen molar-refractivity contribution in [3.63, 3.8) is 0 Å². The zero-order chi connectivity index (χ0) is 15.0. The molecule has 2 atom stereocenters. The van der Waals surface area contributed by atoms with Gasteiger partial charge in [-0.05, 0) is 31.5 Å². The number of benzene rings is 1. The molecular formula is C18H27NO. The van der Waals surface area contributed by atoms with Gasteiger partial charge in [-0.15, -0.1) is 6.58 Å². The summed E-state index contributed by atoms with van der Waals surface area (Å²) in [4.78, 5) is 2.40. The van der Waals surface area contributed by atoms with Gasteiger partial charge >= 0.3 is 0 Å². The van der Waals surface area contributed by atoms with Crippen molar-refractivity contribution in [3.05, 3.63) is 60.7 Å². The van der Waals surface area contributed by atoms with Gasteiger partial charge in [0.25, 0.3) is 0 Å². The summed E-state index contributed by atoms with van der Waals surface area (Å²) in [6, 6.07) is 10.9. The lowest BCUT2D eigenvalue weighted by Crippen LogP contribution is -2.31. The maximum Gasteiger partial charge on any atom is 0.0973 e. The molecule has 0 amide bonds. The van der Waals surface area contributed by atoms with Crippen molar-refractivity contribution in [2.45, 2.75) is 32.9 Å². The molecule has 0 spiro atoms. The Morgan fingerprint density at radius 2 is 1.95 bits per heavy atom. The molecule has 0 aliphatic heterocycles. The van der Waals surface area contributed by atoms with Gasteiger partial charge in [-0.25, -0.2) is 0 Å². The van der Waals surface area contributed by atoms with E-state index in [1.54, 1.807) is 0 Å². The lowest BCUT2D eigenvalue weighted by Gasteiger charge is -2.30. The van der Waals surface area contributed by atoms with Crippen LogP contribution in [-0.2, 0) is 4.74 Å². The number of hydrogen-bond acceptors (Lipinski definition) is 2. The third kappa shape index (κ3) is 4.62. The molecule has 1 aromatic carbocycles. The van der Waals surface area contributed by atoms with Gasteiger partial charge in [-0.3, -0.25) is 4.90 Å². The summed E-state index contributed by atoms with van der Waals surface area (Å²) in [5.41, 5.74) is 2.39. The van der Waals surface area contributed by atoms with Gasteiger partial charge in [0.1, 0.15) is 0 Å². The lowest BCUT2D eigenvalue weighted by atomic mass is 10.0. The van der Waals surface area contributed by atoms with Crippen LogP contribution in [0, 0.1) is 0 Å².